The van der Waals surface area contributed by atoms with Gasteiger partial charge in [-0.3, -0.25) is 9.59 Å². The molecule has 0 atom stereocenters. The van der Waals surface area contributed by atoms with Gasteiger partial charge in [-0.15, -0.1) is 0 Å². The molecule has 6 nitrogen and oxygen atoms in total. The molecular formula is C24H26ClFN2O4. The first-order chi connectivity index (χ1) is 15.2. The van der Waals surface area contributed by atoms with E-state index in [-0.39, 0.29) is 40.8 Å². The number of halogens is 2. The van der Waals surface area contributed by atoms with Gasteiger partial charge in [0, 0.05) is 18.2 Å². The van der Waals surface area contributed by atoms with Gasteiger partial charge in [-0.1, -0.05) is 23.7 Å². The zero-order chi connectivity index (χ0) is 22.9. The zero-order valence-electron chi connectivity index (χ0n) is 18.0. The second-order valence-corrected chi connectivity index (χ2v) is 9.40. The van der Waals surface area contributed by atoms with Gasteiger partial charge in [-0.25, -0.2) is 4.39 Å². The number of nitrogens with one attached hydrogen (secondary N) is 2. The highest BCUT2D eigenvalue weighted by atomic mass is 35.5. The molecule has 0 aromatic heterocycles. The van der Waals surface area contributed by atoms with Crippen LogP contribution < -0.4 is 20.1 Å². The van der Waals surface area contributed by atoms with E-state index in [0.29, 0.717) is 25.8 Å². The lowest BCUT2D eigenvalue weighted by molar-refractivity contribution is -0.184. The van der Waals surface area contributed by atoms with Crippen LogP contribution in [-0.4, -0.2) is 30.1 Å². The van der Waals surface area contributed by atoms with Gasteiger partial charge in [0.1, 0.15) is 17.3 Å². The Morgan fingerprint density at radius 1 is 1.09 bits per heavy atom. The summed E-state index contributed by atoms with van der Waals surface area (Å²) in [5.74, 6) is 0.162. The number of hydrogen-bond acceptors (Lipinski definition) is 4. The van der Waals surface area contributed by atoms with Crippen molar-refractivity contribution >= 4 is 23.4 Å². The number of benzene rings is 2. The maximum absolute atomic E-state index is 13.4. The summed E-state index contributed by atoms with van der Waals surface area (Å²) in [5.41, 5.74) is 0.271. The molecule has 2 N–H and O–H groups in total. The third-order valence-electron chi connectivity index (χ3n) is 5.93. The van der Waals surface area contributed by atoms with E-state index >= 15 is 0 Å². The van der Waals surface area contributed by atoms with E-state index in [1.165, 1.54) is 12.1 Å². The van der Waals surface area contributed by atoms with Gasteiger partial charge in [-0.2, -0.15) is 0 Å². The largest absolute Gasteiger partial charge is 0.491 e. The van der Waals surface area contributed by atoms with E-state index < -0.39 is 11.2 Å². The molecule has 0 heterocycles. The summed E-state index contributed by atoms with van der Waals surface area (Å²) < 4.78 is 24.4. The summed E-state index contributed by atoms with van der Waals surface area (Å²) in [7, 11) is 0. The summed E-state index contributed by atoms with van der Waals surface area (Å²) >= 11 is 5.63. The van der Waals surface area contributed by atoms with Crippen molar-refractivity contribution in [3.63, 3.8) is 0 Å². The molecule has 0 radical (unpaired) electrons. The van der Waals surface area contributed by atoms with Gasteiger partial charge in [-0.05, 0) is 62.9 Å². The van der Waals surface area contributed by atoms with Crippen LogP contribution in [0.2, 0.25) is 5.02 Å². The van der Waals surface area contributed by atoms with Crippen LogP contribution in [0.4, 0.5) is 4.39 Å². The number of carbonyl (C=O) groups is 2. The van der Waals surface area contributed by atoms with Crippen LogP contribution in [0.25, 0.3) is 0 Å². The molecule has 5 rings (SSSR count). The Kier molecular flexibility index (Phi) is 6.03. The predicted octanol–water partition coefficient (Wildman–Crippen LogP) is 4.00. The average molecular weight is 461 g/mol. The van der Waals surface area contributed by atoms with Crippen molar-refractivity contribution in [1.29, 1.82) is 0 Å². The highest BCUT2D eigenvalue weighted by molar-refractivity contribution is 6.30. The number of ether oxygens (including phenoxy) is 2. The second-order valence-electron chi connectivity index (χ2n) is 9.00. The first-order valence-electron chi connectivity index (χ1n) is 10.6. The van der Waals surface area contributed by atoms with Gasteiger partial charge in [0.2, 0.25) is 5.91 Å². The van der Waals surface area contributed by atoms with Crippen molar-refractivity contribution in [1.82, 2.24) is 10.6 Å². The molecule has 0 saturated heterocycles. The summed E-state index contributed by atoms with van der Waals surface area (Å²) in [5, 5.41) is 5.95. The van der Waals surface area contributed by atoms with E-state index in [4.69, 9.17) is 21.1 Å². The van der Waals surface area contributed by atoms with Crippen LogP contribution in [0.1, 0.15) is 38.7 Å². The number of amides is 2. The first kappa shape index (κ1) is 22.4. The molecule has 0 spiro atoms. The first-order valence-corrected chi connectivity index (χ1v) is 11.0. The zero-order valence-corrected chi connectivity index (χ0v) is 18.8. The minimum Gasteiger partial charge on any atom is -0.491 e. The Balaban J connectivity index is 1.19. The highest BCUT2D eigenvalue weighted by Gasteiger charge is 2.72. The molecule has 3 aliphatic carbocycles. The average Bonchev–Trinajstić information content (AvgIpc) is 2.69. The Morgan fingerprint density at radius 2 is 1.75 bits per heavy atom. The van der Waals surface area contributed by atoms with Crippen molar-refractivity contribution in [3.05, 3.63) is 58.9 Å². The van der Waals surface area contributed by atoms with Gasteiger partial charge in [0.05, 0.1) is 16.5 Å². The SMILES string of the molecule is CC(C)Oc1ccc(CNC(=O)C23CC(NC(=O)COc4ccc(Cl)c(F)c4)(C2)C3)cc1. The van der Waals surface area contributed by atoms with Crippen molar-refractivity contribution in [2.75, 3.05) is 6.61 Å². The third-order valence-corrected chi connectivity index (χ3v) is 6.23. The molecule has 170 valence electrons. The molecule has 3 fully saturated rings. The molecule has 2 bridgehead atoms. The Hall–Kier alpha value is -2.80. The Morgan fingerprint density at radius 3 is 2.38 bits per heavy atom. The molecule has 0 unspecified atom stereocenters. The van der Waals surface area contributed by atoms with Crippen LogP contribution in [0.3, 0.4) is 0 Å². The fraction of sp³-hybridized carbons (Fsp3) is 0.417. The fourth-order valence-electron chi connectivity index (χ4n) is 4.54. The van der Waals surface area contributed by atoms with Crippen molar-refractivity contribution in [2.24, 2.45) is 5.41 Å². The summed E-state index contributed by atoms with van der Waals surface area (Å²) in [4.78, 5) is 24.9. The van der Waals surface area contributed by atoms with Crippen LogP contribution in [0, 0.1) is 11.2 Å². The molecule has 2 amide bonds. The number of rotatable bonds is 9. The maximum atomic E-state index is 13.4. The quantitative estimate of drug-likeness (QED) is 0.593. The normalized spacial score (nSPS) is 23.0. The third kappa shape index (κ3) is 4.67. The van der Waals surface area contributed by atoms with E-state index in [9.17, 15) is 14.0 Å². The maximum Gasteiger partial charge on any atom is 0.258 e. The lowest BCUT2D eigenvalue weighted by atomic mass is 9.39. The minimum atomic E-state index is -0.600. The fourth-order valence-corrected chi connectivity index (χ4v) is 4.65. The molecule has 2 aromatic rings. The number of hydrogen-bond donors (Lipinski definition) is 2. The highest BCUT2D eigenvalue weighted by Crippen LogP contribution is 2.67. The molecular weight excluding hydrogens is 435 g/mol. The predicted molar refractivity (Wildman–Crippen MR) is 118 cm³/mol. The van der Waals surface area contributed by atoms with Gasteiger partial charge < -0.3 is 20.1 Å². The molecule has 3 aliphatic rings. The molecule has 2 aromatic carbocycles. The van der Waals surface area contributed by atoms with Crippen LogP contribution in [0.5, 0.6) is 11.5 Å². The summed E-state index contributed by atoms with van der Waals surface area (Å²) in [6.45, 7) is 4.17. The molecule has 8 heteroatoms. The van der Waals surface area contributed by atoms with Gasteiger partial charge in [0.15, 0.2) is 6.61 Å². The van der Waals surface area contributed by atoms with Crippen LogP contribution in [-0.2, 0) is 16.1 Å². The summed E-state index contributed by atoms with van der Waals surface area (Å²) in [6, 6.07) is 11.7. The van der Waals surface area contributed by atoms with Crippen molar-refractivity contribution in [2.45, 2.75) is 51.3 Å². The Bertz CT molecular complexity index is 1010. The van der Waals surface area contributed by atoms with E-state index in [2.05, 4.69) is 10.6 Å². The standard InChI is InChI=1S/C24H26ClFN2O4/c1-15(2)32-17-5-3-16(4-6-17)10-27-22(30)23-12-24(13-23,14-23)28-21(29)11-31-18-7-8-19(25)20(26)9-18/h3-9,15H,10-14H2,1-2H3,(H,27,30)(H,28,29). The van der Waals surface area contributed by atoms with Gasteiger partial charge in [0.25, 0.3) is 5.91 Å². The lowest BCUT2D eigenvalue weighted by Gasteiger charge is -2.69. The number of carbonyl (C=O) groups excluding carboxylic acids is 2. The molecule has 0 aliphatic heterocycles. The van der Waals surface area contributed by atoms with E-state index in [1.54, 1.807) is 0 Å². The molecule has 32 heavy (non-hydrogen) atoms. The molecule has 3 saturated carbocycles. The lowest BCUT2D eigenvalue weighted by Crippen LogP contribution is -2.78. The van der Waals surface area contributed by atoms with Gasteiger partial charge >= 0.3 is 0 Å². The van der Waals surface area contributed by atoms with E-state index in [1.807, 2.05) is 38.1 Å². The summed E-state index contributed by atoms with van der Waals surface area (Å²) in [6.07, 6.45) is 1.97. The second kappa shape index (κ2) is 8.62. The van der Waals surface area contributed by atoms with Crippen molar-refractivity contribution < 1.29 is 23.5 Å². The minimum absolute atomic E-state index is 0.00333. The Labute approximate surface area is 191 Å². The monoisotopic (exact) mass is 460 g/mol. The van der Waals surface area contributed by atoms with E-state index in [0.717, 1.165) is 17.4 Å². The van der Waals surface area contributed by atoms with Crippen molar-refractivity contribution in [3.8, 4) is 11.5 Å². The topological polar surface area (TPSA) is 76.7 Å². The smallest absolute Gasteiger partial charge is 0.258 e. The van der Waals surface area contributed by atoms with Crippen LogP contribution in [0.15, 0.2) is 42.5 Å². The van der Waals surface area contributed by atoms with Crippen LogP contribution >= 0.6 is 11.6 Å².